The van der Waals surface area contributed by atoms with Gasteiger partial charge in [-0.05, 0) is 48.7 Å². The molecule has 0 radical (unpaired) electrons. The van der Waals surface area contributed by atoms with E-state index in [4.69, 9.17) is 10.5 Å². The van der Waals surface area contributed by atoms with Gasteiger partial charge in [-0.1, -0.05) is 24.3 Å². The van der Waals surface area contributed by atoms with E-state index in [-0.39, 0.29) is 17.9 Å². The molecule has 0 saturated heterocycles. The Morgan fingerprint density at radius 3 is 2.57 bits per heavy atom. The second-order valence-corrected chi connectivity index (χ2v) is 6.67. The topological polar surface area (TPSA) is 64.3 Å². The average molecular weight is 310 g/mol. The quantitative estimate of drug-likeness (QED) is 0.892. The number of ether oxygens (including phenoxy) is 1. The summed E-state index contributed by atoms with van der Waals surface area (Å²) in [4.78, 5) is 10.9. The molecule has 120 valence electrons. The molecule has 1 amide bonds. The summed E-state index contributed by atoms with van der Waals surface area (Å²) in [6.45, 7) is 4.97. The Kier molecular flexibility index (Phi) is 3.99. The molecule has 0 unspecified atom stereocenters. The van der Waals surface area contributed by atoms with Crippen LogP contribution in [0, 0.1) is 0 Å². The maximum atomic E-state index is 10.9. The number of carbonyl (C=O) groups is 1. The van der Waals surface area contributed by atoms with Gasteiger partial charge in [0, 0.05) is 18.7 Å². The number of amides is 1. The van der Waals surface area contributed by atoms with E-state index in [1.165, 1.54) is 11.1 Å². The van der Waals surface area contributed by atoms with Gasteiger partial charge in [0.15, 0.2) is 0 Å². The van der Waals surface area contributed by atoms with Crippen molar-refractivity contribution in [2.24, 2.45) is 5.73 Å². The summed E-state index contributed by atoms with van der Waals surface area (Å²) in [5.41, 5.74) is 9.54. The molecule has 2 aromatic rings. The third kappa shape index (κ3) is 3.83. The zero-order chi connectivity index (χ0) is 16.4. The summed E-state index contributed by atoms with van der Waals surface area (Å²) in [7, 11) is 0. The first-order chi connectivity index (χ1) is 10.9. The second kappa shape index (κ2) is 5.95. The fourth-order valence-electron chi connectivity index (χ4n) is 2.92. The number of nitrogens with two attached hydrogens (primary N) is 1. The molecule has 1 aliphatic rings. The second-order valence-electron chi connectivity index (χ2n) is 6.67. The van der Waals surface area contributed by atoms with Crippen LogP contribution in [0.2, 0.25) is 0 Å². The number of primary amides is 1. The van der Waals surface area contributed by atoms with Crippen molar-refractivity contribution in [1.82, 2.24) is 0 Å². The first-order valence-corrected chi connectivity index (χ1v) is 7.83. The van der Waals surface area contributed by atoms with Gasteiger partial charge >= 0.3 is 0 Å². The molecule has 0 bridgehead atoms. The van der Waals surface area contributed by atoms with Crippen LogP contribution in [0.1, 0.15) is 30.5 Å². The van der Waals surface area contributed by atoms with Crippen LogP contribution in [-0.4, -0.2) is 11.5 Å². The van der Waals surface area contributed by atoms with Crippen LogP contribution in [0.5, 0.6) is 5.75 Å². The number of anilines is 1. The van der Waals surface area contributed by atoms with Crippen LogP contribution in [0.3, 0.4) is 0 Å². The van der Waals surface area contributed by atoms with Crippen molar-refractivity contribution in [1.29, 1.82) is 0 Å². The minimum atomic E-state index is -0.311. The lowest BCUT2D eigenvalue weighted by Gasteiger charge is -2.16. The molecule has 0 spiro atoms. The fourth-order valence-corrected chi connectivity index (χ4v) is 2.92. The Hall–Kier alpha value is -2.49. The van der Waals surface area contributed by atoms with Crippen molar-refractivity contribution in [3.05, 3.63) is 59.2 Å². The van der Waals surface area contributed by atoms with Gasteiger partial charge in [0.1, 0.15) is 11.4 Å². The van der Waals surface area contributed by atoms with Crippen molar-refractivity contribution < 1.29 is 9.53 Å². The minimum Gasteiger partial charge on any atom is -0.487 e. The first-order valence-electron chi connectivity index (χ1n) is 7.83. The van der Waals surface area contributed by atoms with Crippen molar-refractivity contribution in [3.8, 4) is 5.75 Å². The van der Waals surface area contributed by atoms with Crippen molar-refractivity contribution in [2.45, 2.75) is 38.8 Å². The molecule has 23 heavy (non-hydrogen) atoms. The maximum Gasteiger partial charge on any atom is 0.221 e. The van der Waals surface area contributed by atoms with Gasteiger partial charge < -0.3 is 15.8 Å². The molecule has 1 aliphatic heterocycles. The lowest BCUT2D eigenvalue weighted by atomic mass is 10.0. The molecular formula is C19H22N2O2. The number of benzene rings is 2. The number of rotatable bonds is 5. The molecule has 0 aromatic heterocycles. The maximum absolute atomic E-state index is 10.9. The highest BCUT2D eigenvalue weighted by molar-refractivity contribution is 5.76. The van der Waals surface area contributed by atoms with Gasteiger partial charge in [-0.15, -0.1) is 0 Å². The molecule has 2 aromatic carbocycles. The standard InChI is InChI=1S/C19H22N2O2/c1-19(2)11-15-9-14(5-8-17(15)23-19)12-21-16-6-3-13(4-7-16)10-18(20)22/h3-9,21H,10-12H2,1-2H3,(H2,20,22). The summed E-state index contributed by atoms with van der Waals surface area (Å²) >= 11 is 0. The average Bonchev–Trinajstić information content (AvgIpc) is 2.79. The molecule has 0 saturated carbocycles. The van der Waals surface area contributed by atoms with E-state index in [0.717, 1.165) is 30.0 Å². The van der Waals surface area contributed by atoms with Gasteiger partial charge in [0.05, 0.1) is 6.42 Å². The van der Waals surface area contributed by atoms with E-state index in [9.17, 15) is 4.79 Å². The Morgan fingerprint density at radius 1 is 1.17 bits per heavy atom. The Morgan fingerprint density at radius 2 is 1.87 bits per heavy atom. The molecule has 3 N–H and O–H groups in total. The van der Waals surface area contributed by atoms with Crippen molar-refractivity contribution >= 4 is 11.6 Å². The number of carbonyl (C=O) groups excluding carboxylic acids is 1. The number of fused-ring (bicyclic) bond motifs is 1. The van der Waals surface area contributed by atoms with E-state index in [0.29, 0.717) is 0 Å². The zero-order valence-corrected chi connectivity index (χ0v) is 13.6. The minimum absolute atomic E-state index is 0.107. The van der Waals surface area contributed by atoms with E-state index >= 15 is 0 Å². The highest BCUT2D eigenvalue weighted by Crippen LogP contribution is 2.35. The summed E-state index contributed by atoms with van der Waals surface area (Å²) in [6.07, 6.45) is 1.22. The monoisotopic (exact) mass is 310 g/mol. The molecule has 0 atom stereocenters. The number of nitrogens with one attached hydrogen (secondary N) is 1. The summed E-state index contributed by atoms with van der Waals surface area (Å²) in [6, 6.07) is 14.1. The summed E-state index contributed by atoms with van der Waals surface area (Å²) in [5.74, 6) is 0.684. The molecule has 1 heterocycles. The van der Waals surface area contributed by atoms with Crippen LogP contribution in [0.4, 0.5) is 5.69 Å². The van der Waals surface area contributed by atoms with E-state index < -0.39 is 0 Å². The predicted molar refractivity (Wildman–Crippen MR) is 91.5 cm³/mol. The molecule has 0 fully saturated rings. The van der Waals surface area contributed by atoms with Crippen molar-refractivity contribution in [3.63, 3.8) is 0 Å². The molecule has 4 heteroatoms. The fraction of sp³-hybridized carbons (Fsp3) is 0.316. The van der Waals surface area contributed by atoms with Crippen LogP contribution >= 0.6 is 0 Å². The van der Waals surface area contributed by atoms with Crippen LogP contribution < -0.4 is 15.8 Å². The van der Waals surface area contributed by atoms with Crippen LogP contribution in [-0.2, 0) is 24.2 Å². The van der Waals surface area contributed by atoms with Crippen LogP contribution in [0.25, 0.3) is 0 Å². The first kappa shape index (κ1) is 15.4. The lowest BCUT2D eigenvalue weighted by molar-refractivity contribution is -0.117. The largest absolute Gasteiger partial charge is 0.487 e. The molecule has 3 rings (SSSR count). The number of hydrogen-bond donors (Lipinski definition) is 2. The predicted octanol–water partition coefficient (Wildman–Crippen LogP) is 3.04. The van der Waals surface area contributed by atoms with Gasteiger partial charge in [0.25, 0.3) is 0 Å². The third-order valence-electron chi connectivity index (χ3n) is 3.96. The van der Waals surface area contributed by atoms with Crippen molar-refractivity contribution in [2.75, 3.05) is 5.32 Å². The lowest BCUT2D eigenvalue weighted by Crippen LogP contribution is -2.24. The summed E-state index contributed by atoms with van der Waals surface area (Å²) in [5, 5.41) is 3.40. The van der Waals surface area contributed by atoms with Crippen LogP contribution in [0.15, 0.2) is 42.5 Å². The summed E-state index contributed by atoms with van der Waals surface area (Å²) < 4.78 is 5.90. The van der Waals surface area contributed by atoms with Gasteiger partial charge in [-0.2, -0.15) is 0 Å². The highest BCUT2D eigenvalue weighted by Gasteiger charge is 2.29. The third-order valence-corrected chi connectivity index (χ3v) is 3.96. The zero-order valence-electron chi connectivity index (χ0n) is 13.6. The van der Waals surface area contributed by atoms with E-state index in [2.05, 4.69) is 37.4 Å². The molecular weight excluding hydrogens is 288 g/mol. The smallest absolute Gasteiger partial charge is 0.221 e. The number of hydrogen-bond acceptors (Lipinski definition) is 3. The Labute approximate surface area is 136 Å². The molecule has 4 nitrogen and oxygen atoms in total. The van der Waals surface area contributed by atoms with E-state index in [1.807, 2.05) is 24.3 Å². The van der Waals surface area contributed by atoms with Gasteiger partial charge in [-0.25, -0.2) is 0 Å². The Balaban J connectivity index is 1.62. The van der Waals surface area contributed by atoms with E-state index in [1.54, 1.807) is 0 Å². The van der Waals surface area contributed by atoms with Gasteiger partial charge in [-0.3, -0.25) is 4.79 Å². The molecule has 0 aliphatic carbocycles. The highest BCUT2D eigenvalue weighted by atomic mass is 16.5. The van der Waals surface area contributed by atoms with Gasteiger partial charge in [0.2, 0.25) is 5.91 Å². The normalized spacial score (nSPS) is 14.9. The Bertz CT molecular complexity index is 721. The SMILES string of the molecule is CC1(C)Cc2cc(CNc3ccc(CC(N)=O)cc3)ccc2O1.